The van der Waals surface area contributed by atoms with Crippen LogP contribution in [0.15, 0.2) is 30.3 Å². The molecular formula is C15H25NO. The van der Waals surface area contributed by atoms with Crippen LogP contribution in [0, 0.1) is 5.41 Å². The first kappa shape index (κ1) is 14.2. The molecule has 1 N–H and O–H groups in total. The van der Waals surface area contributed by atoms with Crippen molar-refractivity contribution >= 4 is 0 Å². The summed E-state index contributed by atoms with van der Waals surface area (Å²) in [7, 11) is 0. The smallest absolute Gasteiger partial charge is 0.0653 e. The van der Waals surface area contributed by atoms with E-state index < -0.39 is 0 Å². The van der Waals surface area contributed by atoms with E-state index in [-0.39, 0.29) is 17.0 Å². The molecule has 1 unspecified atom stereocenters. The fourth-order valence-electron chi connectivity index (χ4n) is 2.03. The zero-order chi connectivity index (χ0) is 13.3. The Morgan fingerprint density at radius 2 is 1.41 bits per heavy atom. The molecule has 2 heteroatoms. The highest BCUT2D eigenvalue weighted by atomic mass is 16.5. The van der Waals surface area contributed by atoms with Gasteiger partial charge in [0.1, 0.15) is 0 Å². The average Bonchev–Trinajstić information content (AvgIpc) is 2.15. The van der Waals surface area contributed by atoms with Crippen molar-refractivity contribution in [3.8, 4) is 0 Å². The Morgan fingerprint density at radius 3 is 1.76 bits per heavy atom. The van der Waals surface area contributed by atoms with Crippen molar-refractivity contribution in [3.63, 3.8) is 0 Å². The van der Waals surface area contributed by atoms with Gasteiger partial charge in [0.25, 0.3) is 0 Å². The molecule has 0 spiro atoms. The molecule has 96 valence electrons. The van der Waals surface area contributed by atoms with Gasteiger partial charge in [-0.25, -0.2) is 0 Å². The van der Waals surface area contributed by atoms with Crippen molar-refractivity contribution in [1.82, 2.24) is 5.06 Å². The number of hydrogen-bond acceptors (Lipinski definition) is 2. The number of benzene rings is 1. The molecule has 2 nitrogen and oxygen atoms in total. The molecule has 0 aromatic heterocycles. The SMILES string of the molecule is CC(C)(C)C(c1ccccc1)N(O)C(C)(C)C. The quantitative estimate of drug-likeness (QED) is 0.774. The van der Waals surface area contributed by atoms with Crippen LogP contribution in [0.5, 0.6) is 0 Å². The van der Waals surface area contributed by atoms with Crippen molar-refractivity contribution in [1.29, 1.82) is 0 Å². The molecule has 0 fully saturated rings. The molecule has 1 aromatic rings. The van der Waals surface area contributed by atoms with E-state index in [1.54, 1.807) is 0 Å². The van der Waals surface area contributed by atoms with Crippen LogP contribution < -0.4 is 0 Å². The van der Waals surface area contributed by atoms with E-state index in [0.29, 0.717) is 0 Å². The Kier molecular flexibility index (Phi) is 4.00. The third kappa shape index (κ3) is 3.55. The molecular weight excluding hydrogens is 210 g/mol. The lowest BCUT2D eigenvalue weighted by atomic mass is 9.80. The first-order valence-corrected chi connectivity index (χ1v) is 6.17. The zero-order valence-electron chi connectivity index (χ0n) is 11.9. The lowest BCUT2D eigenvalue weighted by Crippen LogP contribution is -2.45. The third-order valence-electron chi connectivity index (χ3n) is 2.87. The highest BCUT2D eigenvalue weighted by Crippen LogP contribution is 2.39. The molecule has 0 aliphatic rings. The summed E-state index contributed by atoms with van der Waals surface area (Å²) in [5, 5.41) is 11.9. The fourth-order valence-corrected chi connectivity index (χ4v) is 2.03. The maximum atomic E-state index is 10.5. The van der Waals surface area contributed by atoms with Crippen molar-refractivity contribution in [3.05, 3.63) is 35.9 Å². The van der Waals surface area contributed by atoms with E-state index in [2.05, 4.69) is 32.9 Å². The van der Waals surface area contributed by atoms with E-state index in [4.69, 9.17) is 0 Å². The molecule has 0 aliphatic heterocycles. The second-order valence-corrected chi connectivity index (χ2v) is 6.69. The maximum absolute atomic E-state index is 10.5. The Hall–Kier alpha value is -0.860. The molecule has 1 aromatic carbocycles. The maximum Gasteiger partial charge on any atom is 0.0653 e. The van der Waals surface area contributed by atoms with Crippen molar-refractivity contribution in [2.24, 2.45) is 5.41 Å². The highest BCUT2D eigenvalue weighted by molar-refractivity contribution is 5.21. The molecule has 1 atom stereocenters. The van der Waals surface area contributed by atoms with Crippen molar-refractivity contribution in [2.75, 3.05) is 0 Å². The summed E-state index contributed by atoms with van der Waals surface area (Å²) in [6, 6.07) is 10.2. The van der Waals surface area contributed by atoms with Gasteiger partial charge in [-0.2, -0.15) is 5.06 Å². The van der Waals surface area contributed by atoms with Gasteiger partial charge in [-0.15, -0.1) is 0 Å². The summed E-state index contributed by atoms with van der Waals surface area (Å²) < 4.78 is 0. The van der Waals surface area contributed by atoms with Gasteiger partial charge in [0.2, 0.25) is 0 Å². The Balaban J connectivity index is 3.15. The van der Waals surface area contributed by atoms with Crippen molar-refractivity contribution < 1.29 is 5.21 Å². The van der Waals surface area contributed by atoms with Crippen LogP contribution >= 0.6 is 0 Å². The molecule has 0 saturated heterocycles. The minimum atomic E-state index is -0.270. The van der Waals surface area contributed by atoms with E-state index in [1.165, 1.54) is 5.06 Å². The first-order valence-electron chi connectivity index (χ1n) is 6.17. The monoisotopic (exact) mass is 235 g/mol. The standard InChI is InChI=1S/C15H25NO/c1-14(2,3)13(16(17)15(4,5)6)12-10-8-7-9-11-12/h7-11,13,17H,1-6H3. The van der Waals surface area contributed by atoms with Crippen LogP contribution in [0.3, 0.4) is 0 Å². The van der Waals surface area contributed by atoms with Crippen LogP contribution in [0.25, 0.3) is 0 Å². The van der Waals surface area contributed by atoms with Crippen LogP contribution in [-0.4, -0.2) is 15.8 Å². The molecule has 0 amide bonds. The second kappa shape index (κ2) is 4.79. The molecule has 0 saturated carbocycles. The van der Waals surface area contributed by atoms with Crippen LogP contribution in [0.1, 0.15) is 53.1 Å². The van der Waals surface area contributed by atoms with Crippen LogP contribution in [0.4, 0.5) is 0 Å². The van der Waals surface area contributed by atoms with Gasteiger partial charge < -0.3 is 5.21 Å². The van der Waals surface area contributed by atoms with E-state index in [0.717, 1.165) is 5.56 Å². The van der Waals surface area contributed by atoms with Gasteiger partial charge in [0.05, 0.1) is 6.04 Å². The van der Waals surface area contributed by atoms with E-state index in [9.17, 15) is 5.21 Å². The zero-order valence-corrected chi connectivity index (χ0v) is 11.9. The van der Waals surface area contributed by atoms with E-state index in [1.807, 2.05) is 39.0 Å². The summed E-state index contributed by atoms with van der Waals surface area (Å²) in [6.45, 7) is 12.5. The summed E-state index contributed by atoms with van der Waals surface area (Å²) in [6.07, 6.45) is 0. The Bertz CT molecular complexity index is 345. The normalized spacial score (nSPS) is 15.1. The Morgan fingerprint density at radius 1 is 0.941 bits per heavy atom. The van der Waals surface area contributed by atoms with Gasteiger partial charge in [-0.3, -0.25) is 0 Å². The first-order chi connectivity index (χ1) is 7.64. The predicted molar refractivity (Wildman–Crippen MR) is 72.0 cm³/mol. The topological polar surface area (TPSA) is 23.5 Å². The summed E-state index contributed by atoms with van der Waals surface area (Å²) in [5.74, 6) is 0. The van der Waals surface area contributed by atoms with Gasteiger partial charge in [0.15, 0.2) is 0 Å². The molecule has 0 heterocycles. The number of hydrogen-bond donors (Lipinski definition) is 1. The lowest BCUT2D eigenvalue weighted by Gasteiger charge is -2.43. The fraction of sp³-hybridized carbons (Fsp3) is 0.600. The summed E-state index contributed by atoms with van der Waals surface area (Å²) in [5.41, 5.74) is 0.856. The average molecular weight is 235 g/mol. The van der Waals surface area contributed by atoms with Gasteiger partial charge in [0, 0.05) is 5.54 Å². The number of hydroxylamine groups is 2. The molecule has 0 bridgehead atoms. The summed E-state index contributed by atoms with van der Waals surface area (Å²) >= 11 is 0. The molecule has 17 heavy (non-hydrogen) atoms. The Labute approximate surface area is 105 Å². The third-order valence-corrected chi connectivity index (χ3v) is 2.87. The van der Waals surface area contributed by atoms with Gasteiger partial charge in [-0.1, -0.05) is 51.1 Å². The molecule has 0 radical (unpaired) electrons. The van der Waals surface area contributed by atoms with Crippen molar-refractivity contribution in [2.45, 2.75) is 53.1 Å². The van der Waals surface area contributed by atoms with Gasteiger partial charge >= 0.3 is 0 Å². The molecule has 1 rings (SSSR count). The predicted octanol–water partition coefficient (Wildman–Crippen LogP) is 4.26. The minimum Gasteiger partial charge on any atom is -0.313 e. The van der Waals surface area contributed by atoms with Crippen LogP contribution in [-0.2, 0) is 0 Å². The lowest BCUT2D eigenvalue weighted by molar-refractivity contribution is -0.211. The van der Waals surface area contributed by atoms with Gasteiger partial charge in [-0.05, 0) is 31.7 Å². The summed E-state index contributed by atoms with van der Waals surface area (Å²) in [4.78, 5) is 0. The highest BCUT2D eigenvalue weighted by Gasteiger charge is 2.36. The molecule has 0 aliphatic carbocycles. The number of nitrogens with zero attached hydrogens (tertiary/aromatic N) is 1. The largest absolute Gasteiger partial charge is 0.313 e. The number of rotatable bonds is 2. The van der Waals surface area contributed by atoms with Crippen LogP contribution in [0.2, 0.25) is 0 Å². The second-order valence-electron chi connectivity index (χ2n) is 6.69. The van der Waals surface area contributed by atoms with E-state index >= 15 is 0 Å². The minimum absolute atomic E-state index is 0.0105.